The van der Waals surface area contributed by atoms with Crippen molar-refractivity contribution in [3.05, 3.63) is 34.6 Å². The van der Waals surface area contributed by atoms with Gasteiger partial charge in [0.15, 0.2) is 0 Å². The Morgan fingerprint density at radius 1 is 1.43 bits per heavy atom. The summed E-state index contributed by atoms with van der Waals surface area (Å²) in [6, 6.07) is 4.91. The number of hydrogen-bond acceptors (Lipinski definition) is 2. The molecule has 0 bridgehead atoms. The van der Waals surface area contributed by atoms with E-state index in [4.69, 9.17) is 16.3 Å². The van der Waals surface area contributed by atoms with Gasteiger partial charge in [-0.15, -0.1) is 0 Å². The molecule has 0 aromatic heterocycles. The maximum absolute atomic E-state index is 13.4. The number of likely N-dealkylation sites (N-methyl/N-ethyl adjacent to an activating group) is 1. The predicted molar refractivity (Wildman–Crippen MR) is 85.4 cm³/mol. The van der Waals surface area contributed by atoms with Gasteiger partial charge in [0.2, 0.25) is 0 Å². The molecule has 2 atom stereocenters. The number of rotatable bonds is 7. The van der Waals surface area contributed by atoms with E-state index in [1.54, 1.807) is 12.1 Å². The van der Waals surface area contributed by atoms with Gasteiger partial charge in [-0.25, -0.2) is 4.39 Å². The molecule has 1 aromatic carbocycles. The summed E-state index contributed by atoms with van der Waals surface area (Å²) in [7, 11) is 0. The first-order valence-electron chi connectivity index (χ1n) is 7.98. The first-order chi connectivity index (χ1) is 10.2. The fourth-order valence-corrected chi connectivity index (χ4v) is 3.15. The van der Waals surface area contributed by atoms with Crippen LogP contribution in [0.2, 0.25) is 5.02 Å². The van der Waals surface area contributed by atoms with Crippen molar-refractivity contribution in [3.8, 4) is 0 Å². The highest BCUT2D eigenvalue weighted by Gasteiger charge is 2.17. The smallest absolute Gasteiger partial charge is 0.123 e. The minimum absolute atomic E-state index is 0.222. The summed E-state index contributed by atoms with van der Waals surface area (Å²) in [5.41, 5.74) is 0.882. The molecule has 1 saturated heterocycles. The van der Waals surface area contributed by atoms with Gasteiger partial charge in [0.25, 0.3) is 0 Å². The van der Waals surface area contributed by atoms with Crippen LogP contribution in [0.15, 0.2) is 18.2 Å². The normalized spacial score (nSPS) is 20.4. The maximum atomic E-state index is 13.4. The number of benzene rings is 1. The monoisotopic (exact) mass is 313 g/mol. The van der Waals surface area contributed by atoms with Crippen molar-refractivity contribution < 1.29 is 9.13 Å². The van der Waals surface area contributed by atoms with Gasteiger partial charge in [-0.3, -0.25) is 0 Å². The second-order valence-corrected chi connectivity index (χ2v) is 6.17. The zero-order valence-electron chi connectivity index (χ0n) is 12.7. The second-order valence-electron chi connectivity index (χ2n) is 5.76. The lowest BCUT2D eigenvalue weighted by molar-refractivity contribution is 0.00860. The SMILES string of the molecule is CCNC(CCC1CCCCO1)Cc1cc(F)ccc1Cl. The molecule has 0 saturated carbocycles. The van der Waals surface area contributed by atoms with Crippen molar-refractivity contribution in [1.29, 1.82) is 0 Å². The molecule has 1 N–H and O–H groups in total. The number of ether oxygens (including phenoxy) is 1. The highest BCUT2D eigenvalue weighted by Crippen LogP contribution is 2.22. The fraction of sp³-hybridized carbons (Fsp3) is 0.647. The molecule has 1 fully saturated rings. The van der Waals surface area contributed by atoms with Gasteiger partial charge in [-0.1, -0.05) is 18.5 Å². The van der Waals surface area contributed by atoms with E-state index in [0.717, 1.165) is 38.0 Å². The molecule has 4 heteroatoms. The molecule has 2 rings (SSSR count). The number of nitrogens with one attached hydrogen (secondary N) is 1. The van der Waals surface area contributed by atoms with E-state index in [0.29, 0.717) is 17.2 Å². The van der Waals surface area contributed by atoms with Crippen LogP contribution in [0.4, 0.5) is 4.39 Å². The van der Waals surface area contributed by atoms with Gasteiger partial charge in [-0.2, -0.15) is 0 Å². The van der Waals surface area contributed by atoms with Gasteiger partial charge in [0.1, 0.15) is 5.82 Å². The van der Waals surface area contributed by atoms with Crippen molar-refractivity contribution in [3.63, 3.8) is 0 Å². The topological polar surface area (TPSA) is 21.3 Å². The number of hydrogen-bond donors (Lipinski definition) is 1. The Balaban J connectivity index is 1.89. The quantitative estimate of drug-likeness (QED) is 0.808. The molecule has 2 nitrogen and oxygen atoms in total. The molecule has 21 heavy (non-hydrogen) atoms. The van der Waals surface area contributed by atoms with Gasteiger partial charge in [0.05, 0.1) is 6.10 Å². The third-order valence-corrected chi connectivity index (χ3v) is 4.45. The van der Waals surface area contributed by atoms with Crippen molar-refractivity contribution in [2.45, 2.75) is 57.6 Å². The van der Waals surface area contributed by atoms with Crippen LogP contribution in [0.25, 0.3) is 0 Å². The molecule has 0 amide bonds. The minimum atomic E-state index is -0.222. The summed E-state index contributed by atoms with van der Waals surface area (Å²) in [6.07, 6.45) is 6.87. The van der Waals surface area contributed by atoms with E-state index in [9.17, 15) is 4.39 Å². The summed E-state index contributed by atoms with van der Waals surface area (Å²) < 4.78 is 19.1. The lowest BCUT2D eigenvalue weighted by Gasteiger charge is -2.25. The highest BCUT2D eigenvalue weighted by molar-refractivity contribution is 6.31. The first kappa shape index (κ1) is 16.7. The third-order valence-electron chi connectivity index (χ3n) is 4.08. The highest BCUT2D eigenvalue weighted by atomic mass is 35.5. The fourth-order valence-electron chi connectivity index (χ4n) is 2.95. The van der Waals surface area contributed by atoms with E-state index in [1.807, 2.05) is 0 Å². The molecule has 2 unspecified atom stereocenters. The molecule has 1 aromatic rings. The first-order valence-corrected chi connectivity index (χ1v) is 8.35. The lowest BCUT2D eigenvalue weighted by atomic mass is 9.97. The average molecular weight is 314 g/mol. The average Bonchev–Trinajstić information content (AvgIpc) is 2.50. The summed E-state index contributed by atoms with van der Waals surface area (Å²) in [5, 5.41) is 4.13. The van der Waals surface area contributed by atoms with E-state index >= 15 is 0 Å². The van der Waals surface area contributed by atoms with Gasteiger partial charge in [-0.05, 0) is 68.8 Å². The van der Waals surface area contributed by atoms with Crippen molar-refractivity contribution in [2.24, 2.45) is 0 Å². The summed E-state index contributed by atoms with van der Waals surface area (Å²) >= 11 is 6.17. The van der Waals surface area contributed by atoms with E-state index in [2.05, 4.69) is 12.2 Å². The van der Waals surface area contributed by atoms with Crippen LogP contribution in [-0.4, -0.2) is 25.3 Å². The lowest BCUT2D eigenvalue weighted by Crippen LogP contribution is -2.33. The third kappa shape index (κ3) is 5.57. The van der Waals surface area contributed by atoms with E-state index in [-0.39, 0.29) is 5.82 Å². The van der Waals surface area contributed by atoms with Crippen molar-refractivity contribution >= 4 is 11.6 Å². The summed E-state index contributed by atoms with van der Waals surface area (Å²) in [5.74, 6) is -0.222. The standard InChI is InChI=1S/C17H25ClFNO/c1-2-20-15(7-8-16-5-3-4-10-21-16)12-13-11-14(19)6-9-17(13)18/h6,9,11,15-16,20H,2-5,7-8,10,12H2,1H3. The zero-order valence-corrected chi connectivity index (χ0v) is 13.5. The molecule has 0 radical (unpaired) electrons. The van der Waals surface area contributed by atoms with Crippen LogP contribution in [-0.2, 0) is 11.2 Å². The van der Waals surface area contributed by atoms with Crippen LogP contribution in [0.1, 0.15) is 44.6 Å². The Morgan fingerprint density at radius 3 is 3.00 bits per heavy atom. The molecule has 0 aliphatic carbocycles. The van der Waals surface area contributed by atoms with Gasteiger partial charge < -0.3 is 10.1 Å². The largest absolute Gasteiger partial charge is 0.378 e. The molecule has 118 valence electrons. The van der Waals surface area contributed by atoms with Crippen LogP contribution >= 0.6 is 11.6 Å². The number of halogens is 2. The Morgan fingerprint density at radius 2 is 2.29 bits per heavy atom. The molecule has 1 heterocycles. The minimum Gasteiger partial charge on any atom is -0.378 e. The molecule has 1 aliphatic rings. The predicted octanol–water partition coefficient (Wildman–Crippen LogP) is 4.35. The van der Waals surface area contributed by atoms with Crippen LogP contribution < -0.4 is 5.32 Å². The second kappa shape index (κ2) is 8.72. The Bertz CT molecular complexity index is 435. The Hall–Kier alpha value is -0.640. The van der Waals surface area contributed by atoms with Crippen LogP contribution in [0.5, 0.6) is 0 Å². The van der Waals surface area contributed by atoms with E-state index < -0.39 is 0 Å². The maximum Gasteiger partial charge on any atom is 0.123 e. The van der Waals surface area contributed by atoms with Crippen molar-refractivity contribution in [2.75, 3.05) is 13.2 Å². The van der Waals surface area contributed by atoms with Crippen LogP contribution in [0.3, 0.4) is 0 Å². The molecule has 1 aliphatic heterocycles. The Labute approximate surface area is 132 Å². The van der Waals surface area contributed by atoms with Gasteiger partial charge in [0, 0.05) is 17.7 Å². The zero-order chi connectivity index (χ0) is 15.1. The molecular formula is C17H25ClFNO. The van der Waals surface area contributed by atoms with E-state index in [1.165, 1.54) is 25.3 Å². The molecule has 0 spiro atoms. The molecular weight excluding hydrogens is 289 g/mol. The Kier molecular flexibility index (Phi) is 6.94. The van der Waals surface area contributed by atoms with Crippen molar-refractivity contribution in [1.82, 2.24) is 5.32 Å². The van der Waals surface area contributed by atoms with Crippen LogP contribution in [0, 0.1) is 5.82 Å². The van der Waals surface area contributed by atoms with Gasteiger partial charge >= 0.3 is 0 Å². The summed E-state index contributed by atoms with van der Waals surface area (Å²) in [6.45, 7) is 3.90. The summed E-state index contributed by atoms with van der Waals surface area (Å²) in [4.78, 5) is 0.